The van der Waals surface area contributed by atoms with Crippen LogP contribution in [0.3, 0.4) is 0 Å². The molecule has 2 amide bonds. The molecule has 1 fully saturated rings. The Labute approximate surface area is 183 Å². The number of rotatable bonds is 8. The van der Waals surface area contributed by atoms with E-state index in [0.717, 1.165) is 26.1 Å². The van der Waals surface area contributed by atoms with E-state index in [-0.39, 0.29) is 17.6 Å². The predicted octanol–water partition coefficient (Wildman–Crippen LogP) is 4.66. The number of carbonyl (C=O) groups excluding carboxylic acids is 2. The van der Waals surface area contributed by atoms with Crippen LogP contribution in [0.2, 0.25) is 0 Å². The first-order valence-electron chi connectivity index (χ1n) is 10.8. The Balaban J connectivity index is 1.36. The molecular formula is C25H30FN3O2. The van der Waals surface area contributed by atoms with E-state index in [9.17, 15) is 14.0 Å². The van der Waals surface area contributed by atoms with Gasteiger partial charge < -0.3 is 10.6 Å². The van der Waals surface area contributed by atoms with Crippen LogP contribution in [0, 0.1) is 11.7 Å². The van der Waals surface area contributed by atoms with Gasteiger partial charge in [-0.25, -0.2) is 9.18 Å². The maximum Gasteiger partial charge on any atom is 0.319 e. The van der Waals surface area contributed by atoms with Crippen LogP contribution in [-0.2, 0) is 6.42 Å². The quantitative estimate of drug-likeness (QED) is 0.480. The number of piperidine rings is 1. The second-order valence-corrected chi connectivity index (χ2v) is 8.04. The molecule has 1 unspecified atom stereocenters. The number of amides is 2. The van der Waals surface area contributed by atoms with E-state index in [2.05, 4.69) is 21.6 Å². The van der Waals surface area contributed by atoms with Crippen LogP contribution < -0.4 is 10.6 Å². The third-order valence-corrected chi connectivity index (χ3v) is 5.48. The number of hydrogen-bond donors (Lipinski definition) is 2. The van der Waals surface area contributed by atoms with Crippen molar-refractivity contribution in [1.82, 2.24) is 10.2 Å². The molecule has 0 aliphatic carbocycles. The van der Waals surface area contributed by atoms with E-state index in [1.54, 1.807) is 24.3 Å². The van der Waals surface area contributed by atoms with Crippen LogP contribution in [0.15, 0.2) is 60.7 Å². The van der Waals surface area contributed by atoms with Crippen LogP contribution >= 0.6 is 0 Å². The number of carbonyl (C=O) groups is 2. The van der Waals surface area contributed by atoms with Crippen molar-refractivity contribution in [2.24, 2.45) is 5.92 Å². The lowest BCUT2D eigenvalue weighted by Gasteiger charge is -2.32. The molecule has 1 heterocycles. The van der Waals surface area contributed by atoms with Crippen LogP contribution in [0.1, 0.15) is 35.7 Å². The number of benzene rings is 2. The van der Waals surface area contributed by atoms with Crippen LogP contribution in [0.4, 0.5) is 14.9 Å². The minimum atomic E-state index is -0.303. The Hall–Kier alpha value is -2.99. The summed E-state index contributed by atoms with van der Waals surface area (Å²) in [5.74, 6) is 0.359. The molecule has 1 aliphatic rings. The highest BCUT2D eigenvalue weighted by Crippen LogP contribution is 2.21. The fourth-order valence-corrected chi connectivity index (χ4v) is 3.89. The average Bonchev–Trinajstić information content (AvgIpc) is 2.75. The molecule has 5 nitrogen and oxygen atoms in total. The lowest BCUT2D eigenvalue weighted by Crippen LogP contribution is -2.36. The second-order valence-electron chi connectivity index (χ2n) is 8.04. The minimum Gasteiger partial charge on any atom is -0.334 e. The van der Waals surface area contributed by atoms with Gasteiger partial charge in [-0.2, -0.15) is 0 Å². The zero-order valence-electron chi connectivity index (χ0n) is 17.9. The summed E-state index contributed by atoms with van der Waals surface area (Å²) in [4.78, 5) is 25.9. The summed E-state index contributed by atoms with van der Waals surface area (Å²) in [7, 11) is 0. The van der Waals surface area contributed by atoms with Gasteiger partial charge in [0.2, 0.25) is 0 Å². The molecule has 2 aromatic rings. The van der Waals surface area contributed by atoms with Gasteiger partial charge in [-0.1, -0.05) is 36.4 Å². The van der Waals surface area contributed by atoms with E-state index in [4.69, 9.17) is 0 Å². The molecule has 1 saturated heterocycles. The van der Waals surface area contributed by atoms with Crippen molar-refractivity contribution in [3.63, 3.8) is 0 Å². The standard InChI is InChI=1S/C25H30FN3O2/c1-19(30)22-7-4-8-24(17-22)28-25(31)27-13-2-3-14-29-15-5-6-21(18-29)16-20-9-11-23(26)12-10-20/h2-4,7-12,17,21H,5-6,13-16,18H2,1H3,(H2,27,28,31)/b3-2-. The zero-order chi connectivity index (χ0) is 22.1. The summed E-state index contributed by atoms with van der Waals surface area (Å²) in [6.07, 6.45) is 7.38. The number of anilines is 1. The number of nitrogens with zero attached hydrogens (tertiary/aromatic N) is 1. The first kappa shape index (κ1) is 22.7. The fraction of sp³-hybridized carbons (Fsp3) is 0.360. The number of Topliss-reactive ketones (excluding diaryl/α,β-unsaturated/α-hetero) is 1. The number of hydrogen-bond acceptors (Lipinski definition) is 3. The molecule has 3 rings (SSSR count). The van der Waals surface area contributed by atoms with Crippen molar-refractivity contribution in [2.45, 2.75) is 26.2 Å². The summed E-state index contributed by atoms with van der Waals surface area (Å²) in [5.41, 5.74) is 2.35. The predicted molar refractivity (Wildman–Crippen MR) is 122 cm³/mol. The molecule has 6 heteroatoms. The lowest BCUT2D eigenvalue weighted by molar-refractivity contribution is 0.101. The highest BCUT2D eigenvalue weighted by molar-refractivity contribution is 5.96. The molecule has 164 valence electrons. The molecule has 0 saturated carbocycles. The third-order valence-electron chi connectivity index (χ3n) is 5.48. The number of nitrogens with one attached hydrogen (secondary N) is 2. The monoisotopic (exact) mass is 423 g/mol. The molecule has 1 atom stereocenters. The van der Waals surface area contributed by atoms with Crippen LogP contribution in [-0.4, -0.2) is 42.9 Å². The average molecular weight is 424 g/mol. The van der Waals surface area contributed by atoms with E-state index in [0.29, 0.717) is 23.7 Å². The minimum absolute atomic E-state index is 0.0374. The molecule has 0 aromatic heterocycles. The van der Waals surface area contributed by atoms with Crippen molar-refractivity contribution in [2.75, 3.05) is 31.5 Å². The summed E-state index contributed by atoms with van der Waals surface area (Å²) < 4.78 is 13.1. The lowest BCUT2D eigenvalue weighted by atomic mass is 9.91. The Morgan fingerprint density at radius 3 is 2.74 bits per heavy atom. The Kier molecular flexibility index (Phi) is 8.35. The van der Waals surface area contributed by atoms with E-state index >= 15 is 0 Å². The van der Waals surface area contributed by atoms with Gasteiger partial charge in [0.1, 0.15) is 5.82 Å². The Bertz CT molecular complexity index is 911. The molecule has 1 aliphatic heterocycles. The number of ketones is 1. The Morgan fingerprint density at radius 2 is 1.97 bits per heavy atom. The molecule has 2 aromatic carbocycles. The summed E-state index contributed by atoms with van der Waals surface area (Å²) in [6.45, 7) is 4.89. The van der Waals surface area contributed by atoms with Gasteiger partial charge in [-0.15, -0.1) is 0 Å². The first-order valence-corrected chi connectivity index (χ1v) is 10.8. The van der Waals surface area contributed by atoms with Gasteiger partial charge in [0.05, 0.1) is 0 Å². The maximum atomic E-state index is 13.1. The van der Waals surface area contributed by atoms with Gasteiger partial charge in [-0.05, 0) is 68.5 Å². The topological polar surface area (TPSA) is 61.4 Å². The second kappa shape index (κ2) is 11.4. The number of halogens is 1. The number of likely N-dealkylation sites (tertiary alicyclic amines) is 1. The van der Waals surface area contributed by atoms with Crippen molar-refractivity contribution in [1.29, 1.82) is 0 Å². The Morgan fingerprint density at radius 1 is 1.16 bits per heavy atom. The summed E-state index contributed by atoms with van der Waals surface area (Å²) in [5, 5.41) is 5.53. The molecule has 0 spiro atoms. The van der Waals surface area contributed by atoms with Crippen molar-refractivity contribution < 1.29 is 14.0 Å². The van der Waals surface area contributed by atoms with E-state index in [1.807, 2.05) is 18.2 Å². The van der Waals surface area contributed by atoms with Crippen molar-refractivity contribution in [3.05, 3.63) is 77.6 Å². The fourth-order valence-electron chi connectivity index (χ4n) is 3.89. The van der Waals surface area contributed by atoms with Gasteiger partial charge in [-0.3, -0.25) is 9.69 Å². The molecule has 31 heavy (non-hydrogen) atoms. The van der Waals surface area contributed by atoms with Crippen LogP contribution in [0.5, 0.6) is 0 Å². The highest BCUT2D eigenvalue weighted by atomic mass is 19.1. The third kappa shape index (κ3) is 7.64. The van der Waals surface area contributed by atoms with Crippen LogP contribution in [0.25, 0.3) is 0 Å². The van der Waals surface area contributed by atoms with Gasteiger partial charge in [0.15, 0.2) is 5.78 Å². The van der Waals surface area contributed by atoms with Gasteiger partial charge in [0, 0.05) is 30.9 Å². The van der Waals surface area contributed by atoms with Crippen molar-refractivity contribution >= 4 is 17.5 Å². The highest BCUT2D eigenvalue weighted by Gasteiger charge is 2.19. The van der Waals surface area contributed by atoms with E-state index < -0.39 is 0 Å². The maximum absolute atomic E-state index is 13.1. The SMILES string of the molecule is CC(=O)c1cccc(NC(=O)NC/C=C\CN2CCCC(Cc3ccc(F)cc3)C2)c1. The first-order chi connectivity index (χ1) is 15.0. The van der Waals surface area contributed by atoms with Gasteiger partial charge in [0.25, 0.3) is 0 Å². The largest absolute Gasteiger partial charge is 0.334 e. The van der Waals surface area contributed by atoms with Gasteiger partial charge >= 0.3 is 6.03 Å². The molecular weight excluding hydrogens is 393 g/mol. The normalized spacial score (nSPS) is 16.9. The molecule has 2 N–H and O–H groups in total. The summed E-state index contributed by atoms with van der Waals surface area (Å²) in [6, 6.07) is 13.4. The van der Waals surface area contributed by atoms with E-state index in [1.165, 1.54) is 37.5 Å². The molecule has 0 bridgehead atoms. The number of urea groups is 1. The zero-order valence-corrected chi connectivity index (χ0v) is 17.9. The van der Waals surface area contributed by atoms with Crippen molar-refractivity contribution in [3.8, 4) is 0 Å². The molecule has 0 radical (unpaired) electrons. The smallest absolute Gasteiger partial charge is 0.319 e. The summed E-state index contributed by atoms with van der Waals surface area (Å²) >= 11 is 0.